The third-order valence-electron chi connectivity index (χ3n) is 3.01. The van der Waals surface area contributed by atoms with Crippen LogP contribution in [-0.2, 0) is 6.54 Å². The molecular weight excluding hydrogens is 254 g/mol. The third-order valence-corrected chi connectivity index (χ3v) is 3.01. The first-order valence-electron chi connectivity index (χ1n) is 6.34. The molecule has 0 unspecified atom stereocenters. The van der Waals surface area contributed by atoms with Crippen LogP contribution in [0.1, 0.15) is 11.3 Å². The average molecular weight is 273 g/mol. The molecule has 0 amide bonds. The molecule has 0 bridgehead atoms. The lowest BCUT2D eigenvalue weighted by atomic mass is 10.2. The van der Waals surface area contributed by atoms with Gasteiger partial charge in [-0.3, -0.25) is 0 Å². The largest absolute Gasteiger partial charge is 0.497 e. The second kappa shape index (κ2) is 6.23. The molecule has 0 aliphatic carbocycles. The molecule has 0 saturated carbocycles. The van der Waals surface area contributed by atoms with Crippen LogP contribution in [0.5, 0.6) is 11.5 Å². The van der Waals surface area contributed by atoms with E-state index < -0.39 is 0 Å². The quantitative estimate of drug-likeness (QED) is 0.837. The standard InChI is InChI=1S/C15H19N3O2/c1-11-5-15(17-10-16-11)18(2)9-12-6-13(19-3)8-14(7-12)20-4/h5-8,10H,9H2,1-4H3. The molecule has 2 rings (SSSR count). The summed E-state index contributed by atoms with van der Waals surface area (Å²) in [6, 6.07) is 7.80. The molecular formula is C15H19N3O2. The van der Waals surface area contributed by atoms with Gasteiger partial charge in [0.05, 0.1) is 14.2 Å². The number of hydrogen-bond donors (Lipinski definition) is 0. The number of ether oxygens (including phenoxy) is 2. The summed E-state index contributed by atoms with van der Waals surface area (Å²) in [5.74, 6) is 2.46. The SMILES string of the molecule is COc1cc(CN(C)c2cc(C)ncn2)cc(OC)c1. The maximum absolute atomic E-state index is 5.28. The number of rotatable bonds is 5. The number of aromatic nitrogens is 2. The van der Waals surface area contributed by atoms with Crippen LogP contribution >= 0.6 is 0 Å². The van der Waals surface area contributed by atoms with Crippen LogP contribution in [0.15, 0.2) is 30.6 Å². The summed E-state index contributed by atoms with van der Waals surface area (Å²) < 4.78 is 10.6. The Morgan fingerprint density at radius 3 is 2.20 bits per heavy atom. The highest BCUT2D eigenvalue weighted by molar-refractivity contribution is 5.43. The van der Waals surface area contributed by atoms with Crippen LogP contribution in [-0.4, -0.2) is 31.2 Å². The molecule has 0 N–H and O–H groups in total. The van der Waals surface area contributed by atoms with Crippen molar-refractivity contribution in [1.29, 1.82) is 0 Å². The summed E-state index contributed by atoms with van der Waals surface area (Å²) in [6.45, 7) is 2.66. The van der Waals surface area contributed by atoms with E-state index in [0.29, 0.717) is 6.54 Å². The van der Waals surface area contributed by atoms with Crippen molar-refractivity contribution in [3.63, 3.8) is 0 Å². The Balaban J connectivity index is 2.20. The van der Waals surface area contributed by atoms with Crippen molar-refractivity contribution >= 4 is 5.82 Å². The van der Waals surface area contributed by atoms with Gasteiger partial charge in [-0.25, -0.2) is 9.97 Å². The summed E-state index contributed by atoms with van der Waals surface area (Å²) in [6.07, 6.45) is 1.58. The predicted molar refractivity (Wildman–Crippen MR) is 78.4 cm³/mol. The summed E-state index contributed by atoms with van der Waals surface area (Å²) in [5, 5.41) is 0. The van der Waals surface area contributed by atoms with Crippen molar-refractivity contribution in [2.45, 2.75) is 13.5 Å². The van der Waals surface area contributed by atoms with Crippen molar-refractivity contribution in [3.8, 4) is 11.5 Å². The molecule has 20 heavy (non-hydrogen) atoms. The van der Waals surface area contributed by atoms with Gasteiger partial charge in [-0.2, -0.15) is 0 Å². The fraction of sp³-hybridized carbons (Fsp3) is 0.333. The van der Waals surface area contributed by atoms with Gasteiger partial charge in [0.15, 0.2) is 0 Å². The molecule has 0 aliphatic rings. The van der Waals surface area contributed by atoms with Gasteiger partial charge >= 0.3 is 0 Å². The number of anilines is 1. The second-order valence-electron chi connectivity index (χ2n) is 4.59. The van der Waals surface area contributed by atoms with Crippen LogP contribution in [0.2, 0.25) is 0 Å². The zero-order valence-electron chi connectivity index (χ0n) is 12.3. The van der Waals surface area contributed by atoms with E-state index in [1.807, 2.05) is 38.2 Å². The van der Waals surface area contributed by atoms with E-state index in [1.165, 1.54) is 0 Å². The molecule has 0 saturated heterocycles. The van der Waals surface area contributed by atoms with Crippen molar-refractivity contribution < 1.29 is 9.47 Å². The molecule has 1 heterocycles. The van der Waals surface area contributed by atoms with E-state index in [2.05, 4.69) is 14.9 Å². The van der Waals surface area contributed by atoms with E-state index in [1.54, 1.807) is 20.5 Å². The van der Waals surface area contributed by atoms with Gasteiger partial charge < -0.3 is 14.4 Å². The lowest BCUT2D eigenvalue weighted by Gasteiger charge is -2.19. The number of aryl methyl sites for hydroxylation is 1. The highest BCUT2D eigenvalue weighted by Crippen LogP contribution is 2.24. The van der Waals surface area contributed by atoms with Crippen LogP contribution in [0.3, 0.4) is 0 Å². The van der Waals surface area contributed by atoms with Crippen LogP contribution in [0.4, 0.5) is 5.82 Å². The van der Waals surface area contributed by atoms with Gasteiger partial charge in [-0.05, 0) is 24.6 Å². The van der Waals surface area contributed by atoms with Gasteiger partial charge in [-0.15, -0.1) is 0 Å². The Morgan fingerprint density at radius 2 is 1.65 bits per heavy atom. The van der Waals surface area contributed by atoms with Gasteiger partial charge in [0.1, 0.15) is 23.6 Å². The predicted octanol–water partition coefficient (Wildman–Crippen LogP) is 2.44. The minimum absolute atomic E-state index is 0.712. The molecule has 0 spiro atoms. The molecule has 0 fully saturated rings. The van der Waals surface area contributed by atoms with Crippen molar-refractivity contribution in [1.82, 2.24) is 9.97 Å². The smallest absolute Gasteiger partial charge is 0.132 e. The summed E-state index contributed by atoms with van der Waals surface area (Å²) >= 11 is 0. The van der Waals surface area contributed by atoms with E-state index in [9.17, 15) is 0 Å². The van der Waals surface area contributed by atoms with Gasteiger partial charge in [0, 0.05) is 31.4 Å². The first-order chi connectivity index (χ1) is 9.62. The normalized spacial score (nSPS) is 10.2. The summed E-state index contributed by atoms with van der Waals surface area (Å²) in [4.78, 5) is 10.4. The fourth-order valence-corrected chi connectivity index (χ4v) is 1.96. The molecule has 5 nitrogen and oxygen atoms in total. The second-order valence-corrected chi connectivity index (χ2v) is 4.59. The number of benzene rings is 1. The number of hydrogen-bond acceptors (Lipinski definition) is 5. The highest BCUT2D eigenvalue weighted by Gasteiger charge is 2.07. The van der Waals surface area contributed by atoms with Crippen molar-refractivity contribution in [2.24, 2.45) is 0 Å². The molecule has 0 aliphatic heterocycles. The van der Waals surface area contributed by atoms with Gasteiger partial charge in [-0.1, -0.05) is 0 Å². The first-order valence-corrected chi connectivity index (χ1v) is 6.34. The van der Waals surface area contributed by atoms with Crippen molar-refractivity contribution in [3.05, 3.63) is 41.9 Å². The Hall–Kier alpha value is -2.30. The lowest BCUT2D eigenvalue weighted by molar-refractivity contribution is 0.393. The zero-order chi connectivity index (χ0) is 14.5. The molecule has 1 aromatic carbocycles. The average Bonchev–Trinajstić information content (AvgIpc) is 2.46. The fourth-order valence-electron chi connectivity index (χ4n) is 1.96. The van der Waals surface area contributed by atoms with Crippen LogP contribution < -0.4 is 14.4 Å². The molecule has 2 aromatic rings. The van der Waals surface area contributed by atoms with Gasteiger partial charge in [0.2, 0.25) is 0 Å². The van der Waals surface area contributed by atoms with E-state index in [-0.39, 0.29) is 0 Å². The third kappa shape index (κ3) is 3.38. The minimum Gasteiger partial charge on any atom is -0.497 e. The Labute approximate surface area is 119 Å². The molecule has 1 aromatic heterocycles. The van der Waals surface area contributed by atoms with Crippen molar-refractivity contribution in [2.75, 3.05) is 26.2 Å². The molecule has 0 radical (unpaired) electrons. The van der Waals surface area contributed by atoms with E-state index in [4.69, 9.17) is 9.47 Å². The maximum Gasteiger partial charge on any atom is 0.132 e. The maximum atomic E-state index is 5.28. The van der Waals surface area contributed by atoms with E-state index in [0.717, 1.165) is 28.6 Å². The first kappa shape index (κ1) is 14.1. The summed E-state index contributed by atoms with van der Waals surface area (Å²) in [7, 11) is 5.29. The monoisotopic (exact) mass is 273 g/mol. The van der Waals surface area contributed by atoms with E-state index >= 15 is 0 Å². The topological polar surface area (TPSA) is 47.5 Å². The molecule has 0 atom stereocenters. The minimum atomic E-state index is 0.712. The van der Waals surface area contributed by atoms with Crippen LogP contribution in [0, 0.1) is 6.92 Å². The Bertz CT molecular complexity index is 565. The zero-order valence-corrected chi connectivity index (χ0v) is 12.3. The number of nitrogens with zero attached hydrogens (tertiary/aromatic N) is 3. The Morgan fingerprint density at radius 1 is 1.00 bits per heavy atom. The lowest BCUT2D eigenvalue weighted by Crippen LogP contribution is -2.18. The van der Waals surface area contributed by atoms with Crippen LogP contribution in [0.25, 0.3) is 0 Å². The summed E-state index contributed by atoms with van der Waals surface area (Å²) in [5.41, 5.74) is 2.05. The van der Waals surface area contributed by atoms with Gasteiger partial charge in [0.25, 0.3) is 0 Å². The molecule has 5 heteroatoms. The molecule has 106 valence electrons. The number of methoxy groups -OCH3 is 2. The highest BCUT2D eigenvalue weighted by atomic mass is 16.5. The Kier molecular flexibility index (Phi) is 4.40.